The number of rotatable bonds is 56. The van der Waals surface area contributed by atoms with Crippen LogP contribution in [-0.4, -0.2) is 37.2 Å². The van der Waals surface area contributed by atoms with Crippen molar-refractivity contribution in [3.63, 3.8) is 0 Å². The number of carbonyl (C=O) groups is 3. The summed E-state index contributed by atoms with van der Waals surface area (Å²) in [5, 5.41) is 0. The molecule has 74 heavy (non-hydrogen) atoms. The van der Waals surface area contributed by atoms with Gasteiger partial charge in [-0.25, -0.2) is 0 Å². The zero-order chi connectivity index (χ0) is 53.6. The SMILES string of the molecule is CC/C=C\C/C=C\C/C=C\C/C=C\CCCCCCCCC(=O)OC(COC(=O)CCCCCC/C=C\C/C=C\C/C=C\C/C=C\CC)COC(=O)CCCCCCCCCCCCCCCCCCCCCC. The van der Waals surface area contributed by atoms with Gasteiger partial charge in [0.05, 0.1) is 0 Å². The number of carbonyl (C=O) groups excluding carboxylic acids is 3. The zero-order valence-corrected chi connectivity index (χ0v) is 48.6. The fraction of sp³-hybridized carbons (Fsp3) is 0.721. The summed E-state index contributed by atoms with van der Waals surface area (Å²) in [5.74, 6) is -0.918. The smallest absolute Gasteiger partial charge is 0.306 e. The molecular formula is C68H116O6. The van der Waals surface area contributed by atoms with Crippen LogP contribution in [0.5, 0.6) is 0 Å². The average Bonchev–Trinajstić information content (AvgIpc) is 3.40. The Labute approximate surface area is 457 Å². The Bertz CT molecular complexity index is 1460. The number of esters is 3. The molecule has 0 bridgehead atoms. The molecule has 0 aliphatic carbocycles. The first-order valence-electron chi connectivity index (χ1n) is 31.2. The van der Waals surface area contributed by atoms with Crippen molar-refractivity contribution in [3.05, 3.63) is 97.2 Å². The number of ether oxygens (including phenoxy) is 3. The van der Waals surface area contributed by atoms with Crippen molar-refractivity contribution in [3.8, 4) is 0 Å². The van der Waals surface area contributed by atoms with E-state index in [0.29, 0.717) is 19.3 Å². The monoisotopic (exact) mass is 1030 g/mol. The van der Waals surface area contributed by atoms with E-state index in [9.17, 15) is 14.4 Å². The van der Waals surface area contributed by atoms with E-state index in [4.69, 9.17) is 14.2 Å². The van der Waals surface area contributed by atoms with Crippen molar-refractivity contribution in [2.75, 3.05) is 13.2 Å². The van der Waals surface area contributed by atoms with Gasteiger partial charge in [0.2, 0.25) is 0 Å². The second-order valence-electron chi connectivity index (χ2n) is 20.6. The molecular weight excluding hydrogens is 913 g/mol. The van der Waals surface area contributed by atoms with E-state index in [1.165, 1.54) is 122 Å². The summed E-state index contributed by atoms with van der Waals surface area (Å²) in [5.41, 5.74) is 0. The van der Waals surface area contributed by atoms with Crippen molar-refractivity contribution >= 4 is 17.9 Å². The van der Waals surface area contributed by atoms with Crippen LogP contribution in [0.4, 0.5) is 0 Å². The van der Waals surface area contributed by atoms with Crippen molar-refractivity contribution < 1.29 is 28.6 Å². The van der Waals surface area contributed by atoms with Crippen molar-refractivity contribution in [1.82, 2.24) is 0 Å². The van der Waals surface area contributed by atoms with Gasteiger partial charge in [-0.2, -0.15) is 0 Å². The summed E-state index contributed by atoms with van der Waals surface area (Å²) in [4.78, 5) is 38.3. The minimum absolute atomic E-state index is 0.0897. The van der Waals surface area contributed by atoms with Crippen molar-refractivity contribution in [2.24, 2.45) is 0 Å². The van der Waals surface area contributed by atoms with E-state index in [1.807, 2.05) is 0 Å². The number of hydrogen-bond donors (Lipinski definition) is 0. The fourth-order valence-corrected chi connectivity index (χ4v) is 8.72. The molecule has 0 heterocycles. The highest BCUT2D eigenvalue weighted by Crippen LogP contribution is 2.17. The molecule has 1 atom stereocenters. The number of hydrogen-bond acceptors (Lipinski definition) is 6. The summed E-state index contributed by atoms with van der Waals surface area (Å²) in [6, 6.07) is 0. The number of allylic oxidation sites excluding steroid dienone is 16. The predicted octanol–water partition coefficient (Wildman–Crippen LogP) is 21.3. The maximum absolute atomic E-state index is 12.9. The lowest BCUT2D eigenvalue weighted by molar-refractivity contribution is -0.167. The molecule has 0 saturated carbocycles. The Balaban J connectivity index is 4.42. The Kier molecular flexibility index (Phi) is 58.8. The fourth-order valence-electron chi connectivity index (χ4n) is 8.72. The maximum Gasteiger partial charge on any atom is 0.306 e. The van der Waals surface area contributed by atoms with Gasteiger partial charge >= 0.3 is 17.9 Å². The minimum atomic E-state index is -0.797. The summed E-state index contributed by atoms with van der Waals surface area (Å²) < 4.78 is 16.9. The third-order valence-electron chi connectivity index (χ3n) is 13.3. The second-order valence-corrected chi connectivity index (χ2v) is 20.6. The van der Waals surface area contributed by atoms with Crippen LogP contribution in [0, 0.1) is 0 Å². The van der Waals surface area contributed by atoms with E-state index in [2.05, 4.69) is 118 Å². The van der Waals surface area contributed by atoms with Gasteiger partial charge in [0.15, 0.2) is 6.10 Å². The maximum atomic E-state index is 12.9. The van der Waals surface area contributed by atoms with Crippen molar-refractivity contribution in [1.29, 1.82) is 0 Å². The molecule has 0 aromatic carbocycles. The minimum Gasteiger partial charge on any atom is -0.462 e. The largest absolute Gasteiger partial charge is 0.462 e. The highest BCUT2D eigenvalue weighted by Gasteiger charge is 2.19. The molecule has 0 aliphatic rings. The highest BCUT2D eigenvalue weighted by atomic mass is 16.6. The van der Waals surface area contributed by atoms with Gasteiger partial charge in [-0.05, 0) is 96.3 Å². The molecule has 0 radical (unpaired) electrons. The Morgan fingerprint density at radius 1 is 0.284 bits per heavy atom. The normalized spacial score (nSPS) is 12.7. The average molecular weight is 1030 g/mol. The lowest BCUT2D eigenvalue weighted by atomic mass is 10.0. The quantitative estimate of drug-likeness (QED) is 0.0261. The molecule has 0 fully saturated rings. The van der Waals surface area contributed by atoms with Crippen LogP contribution in [0.1, 0.15) is 297 Å². The van der Waals surface area contributed by atoms with Crippen LogP contribution in [-0.2, 0) is 28.6 Å². The molecule has 424 valence electrons. The van der Waals surface area contributed by atoms with Crippen LogP contribution < -0.4 is 0 Å². The van der Waals surface area contributed by atoms with Gasteiger partial charge in [0.25, 0.3) is 0 Å². The molecule has 1 unspecified atom stereocenters. The van der Waals surface area contributed by atoms with Gasteiger partial charge in [-0.3, -0.25) is 14.4 Å². The molecule has 0 rings (SSSR count). The van der Waals surface area contributed by atoms with E-state index in [0.717, 1.165) is 135 Å². The van der Waals surface area contributed by atoms with Gasteiger partial charge < -0.3 is 14.2 Å². The third kappa shape index (κ3) is 59.2. The molecule has 0 aromatic rings. The third-order valence-corrected chi connectivity index (χ3v) is 13.3. The van der Waals surface area contributed by atoms with Crippen LogP contribution in [0.15, 0.2) is 97.2 Å². The summed E-state index contributed by atoms with van der Waals surface area (Å²) in [6.07, 6.45) is 82.6. The zero-order valence-electron chi connectivity index (χ0n) is 48.6. The van der Waals surface area contributed by atoms with E-state index < -0.39 is 6.10 Å². The molecule has 0 aliphatic heterocycles. The highest BCUT2D eigenvalue weighted by molar-refractivity contribution is 5.71. The summed E-state index contributed by atoms with van der Waals surface area (Å²) in [7, 11) is 0. The first-order chi connectivity index (χ1) is 36.5. The molecule has 6 heteroatoms. The predicted molar refractivity (Wildman–Crippen MR) is 320 cm³/mol. The standard InChI is InChI=1S/C68H116O6/c1-4-7-10-13-16-19-22-25-28-31-33-35-37-40-43-46-49-52-55-58-61-67(70)73-64-65(63-72-66(69)60-57-54-51-48-45-42-39-36-30-27-24-21-18-15-12-9-6-3)74-68(71)62-59-56-53-50-47-44-41-38-34-32-29-26-23-20-17-14-11-8-5-2/h8-9,11-12,17-18,20-21,26-27,29-30,34,38-39,42,65H,4-7,10,13-16,19,22-25,28,31-33,35-37,40-41,43-64H2,1-3H3/b11-8-,12-9-,20-17-,21-18-,29-26-,30-27-,38-34-,42-39-. The van der Waals surface area contributed by atoms with Gasteiger partial charge in [-0.1, -0.05) is 279 Å². The van der Waals surface area contributed by atoms with Gasteiger partial charge in [0, 0.05) is 19.3 Å². The first kappa shape index (κ1) is 70.3. The van der Waals surface area contributed by atoms with Crippen LogP contribution >= 0.6 is 0 Å². The lowest BCUT2D eigenvalue weighted by Crippen LogP contribution is -2.30. The van der Waals surface area contributed by atoms with Gasteiger partial charge in [0.1, 0.15) is 13.2 Å². The summed E-state index contributed by atoms with van der Waals surface area (Å²) in [6.45, 7) is 6.41. The number of unbranched alkanes of at least 4 members (excludes halogenated alkanes) is 29. The molecule has 0 N–H and O–H groups in total. The topological polar surface area (TPSA) is 78.9 Å². The van der Waals surface area contributed by atoms with Gasteiger partial charge in [-0.15, -0.1) is 0 Å². The Hall–Kier alpha value is -3.67. The van der Waals surface area contributed by atoms with E-state index in [1.54, 1.807) is 0 Å². The lowest BCUT2D eigenvalue weighted by Gasteiger charge is -2.18. The molecule has 6 nitrogen and oxygen atoms in total. The van der Waals surface area contributed by atoms with Crippen LogP contribution in [0.3, 0.4) is 0 Å². The molecule has 0 amide bonds. The Morgan fingerprint density at radius 2 is 0.527 bits per heavy atom. The second kappa shape index (κ2) is 61.9. The van der Waals surface area contributed by atoms with E-state index >= 15 is 0 Å². The molecule has 0 spiro atoms. The molecule has 0 saturated heterocycles. The first-order valence-corrected chi connectivity index (χ1v) is 31.2. The van der Waals surface area contributed by atoms with Crippen LogP contribution in [0.25, 0.3) is 0 Å². The summed E-state index contributed by atoms with van der Waals surface area (Å²) >= 11 is 0. The van der Waals surface area contributed by atoms with Crippen molar-refractivity contribution in [2.45, 2.75) is 303 Å². The molecule has 0 aromatic heterocycles. The Morgan fingerprint density at radius 3 is 0.824 bits per heavy atom. The van der Waals surface area contributed by atoms with Crippen LogP contribution in [0.2, 0.25) is 0 Å². The van der Waals surface area contributed by atoms with E-state index in [-0.39, 0.29) is 31.1 Å².